The second-order valence-corrected chi connectivity index (χ2v) is 6.79. The van der Waals surface area contributed by atoms with Gasteiger partial charge in [0.2, 0.25) is 10.0 Å². The zero-order chi connectivity index (χ0) is 13.3. The Kier molecular flexibility index (Phi) is 3.74. The fraction of sp³-hybridized carbons (Fsp3) is 0.727. The van der Waals surface area contributed by atoms with Gasteiger partial charge < -0.3 is 5.11 Å². The Balaban J connectivity index is 2.20. The molecule has 102 valence electrons. The van der Waals surface area contributed by atoms with Gasteiger partial charge in [-0.3, -0.25) is 4.68 Å². The highest BCUT2D eigenvalue weighted by molar-refractivity contribution is 7.89. The van der Waals surface area contributed by atoms with Gasteiger partial charge in [0.1, 0.15) is 4.90 Å². The van der Waals surface area contributed by atoms with Gasteiger partial charge in [0.05, 0.1) is 12.3 Å². The summed E-state index contributed by atoms with van der Waals surface area (Å²) < 4.78 is 27.6. The maximum Gasteiger partial charge on any atom is 0.246 e. The van der Waals surface area contributed by atoms with Crippen molar-refractivity contribution in [3.63, 3.8) is 0 Å². The van der Waals surface area contributed by atoms with Gasteiger partial charge in [0.15, 0.2) is 0 Å². The summed E-state index contributed by atoms with van der Waals surface area (Å²) in [5, 5.41) is 13.5. The van der Waals surface area contributed by atoms with Crippen LogP contribution >= 0.6 is 0 Å². The molecule has 18 heavy (non-hydrogen) atoms. The van der Waals surface area contributed by atoms with Gasteiger partial charge in [-0.15, -0.1) is 0 Å². The van der Waals surface area contributed by atoms with Crippen LogP contribution < -0.4 is 0 Å². The Hall–Kier alpha value is -0.920. The third kappa shape index (κ3) is 2.57. The number of hydrogen-bond acceptors (Lipinski definition) is 4. The summed E-state index contributed by atoms with van der Waals surface area (Å²) in [6.07, 6.45) is 4.05. The molecule has 0 bridgehead atoms. The van der Waals surface area contributed by atoms with Gasteiger partial charge in [-0.25, -0.2) is 8.42 Å². The van der Waals surface area contributed by atoms with Crippen molar-refractivity contribution in [3.8, 4) is 0 Å². The van der Waals surface area contributed by atoms with Crippen LogP contribution in [-0.2, 0) is 17.1 Å². The predicted octanol–water partition coefficient (Wildman–Crippen LogP) is 0.202. The predicted molar refractivity (Wildman–Crippen MR) is 66.4 cm³/mol. The molecule has 1 saturated heterocycles. The quantitative estimate of drug-likeness (QED) is 0.853. The van der Waals surface area contributed by atoms with E-state index in [9.17, 15) is 13.5 Å². The van der Waals surface area contributed by atoms with Crippen molar-refractivity contribution < 1.29 is 13.5 Å². The summed E-state index contributed by atoms with van der Waals surface area (Å²) in [6.45, 7) is 2.61. The SMILES string of the molecule is CC(O)C1CCCN(S(=O)(=O)c2cnn(C)c2)C1. The van der Waals surface area contributed by atoms with E-state index < -0.39 is 16.1 Å². The van der Waals surface area contributed by atoms with Gasteiger partial charge in [0, 0.05) is 26.3 Å². The molecule has 1 aliphatic heterocycles. The molecule has 1 aromatic heterocycles. The summed E-state index contributed by atoms with van der Waals surface area (Å²) >= 11 is 0. The van der Waals surface area contributed by atoms with E-state index in [0.29, 0.717) is 13.1 Å². The minimum Gasteiger partial charge on any atom is -0.393 e. The van der Waals surface area contributed by atoms with Gasteiger partial charge in [0.25, 0.3) is 0 Å². The second kappa shape index (κ2) is 4.99. The van der Waals surface area contributed by atoms with Crippen LogP contribution in [0.3, 0.4) is 0 Å². The molecular formula is C11H19N3O3S. The molecule has 0 aromatic carbocycles. The molecule has 1 aromatic rings. The second-order valence-electron chi connectivity index (χ2n) is 4.86. The largest absolute Gasteiger partial charge is 0.393 e. The van der Waals surface area contributed by atoms with E-state index in [1.807, 2.05) is 0 Å². The number of aliphatic hydroxyl groups excluding tert-OH is 1. The van der Waals surface area contributed by atoms with E-state index in [4.69, 9.17) is 0 Å². The van der Waals surface area contributed by atoms with Crippen LogP contribution in [0.25, 0.3) is 0 Å². The van der Waals surface area contributed by atoms with Crippen LogP contribution in [0.15, 0.2) is 17.3 Å². The molecule has 7 heteroatoms. The molecule has 2 unspecified atom stereocenters. The fourth-order valence-corrected chi connectivity index (χ4v) is 3.79. The Morgan fingerprint density at radius 3 is 2.83 bits per heavy atom. The lowest BCUT2D eigenvalue weighted by atomic mass is 9.95. The molecule has 2 rings (SSSR count). The first kappa shape index (κ1) is 13.5. The van der Waals surface area contributed by atoms with Crippen LogP contribution in [0.1, 0.15) is 19.8 Å². The van der Waals surface area contributed by atoms with Crippen molar-refractivity contribution in [3.05, 3.63) is 12.4 Å². The lowest BCUT2D eigenvalue weighted by molar-refractivity contribution is 0.0885. The van der Waals surface area contributed by atoms with Crippen LogP contribution in [-0.4, -0.2) is 46.8 Å². The molecule has 6 nitrogen and oxygen atoms in total. The molecule has 0 radical (unpaired) electrons. The Morgan fingerprint density at radius 1 is 1.56 bits per heavy atom. The van der Waals surface area contributed by atoms with Gasteiger partial charge >= 0.3 is 0 Å². The Labute approximate surface area is 107 Å². The Morgan fingerprint density at radius 2 is 2.28 bits per heavy atom. The van der Waals surface area contributed by atoms with Crippen molar-refractivity contribution >= 4 is 10.0 Å². The third-order valence-electron chi connectivity index (χ3n) is 3.42. The number of aryl methyl sites for hydroxylation is 1. The van der Waals surface area contributed by atoms with Crippen LogP contribution in [0.4, 0.5) is 0 Å². The average molecular weight is 273 g/mol. The lowest BCUT2D eigenvalue weighted by Gasteiger charge is -2.32. The first-order valence-electron chi connectivity index (χ1n) is 6.08. The molecule has 1 aliphatic rings. The molecule has 1 fully saturated rings. The zero-order valence-corrected chi connectivity index (χ0v) is 11.5. The highest BCUT2D eigenvalue weighted by Crippen LogP contribution is 2.25. The minimum atomic E-state index is -3.47. The number of aliphatic hydroxyl groups is 1. The normalized spacial score (nSPS) is 24.1. The maximum atomic E-state index is 12.4. The molecule has 0 saturated carbocycles. The standard InChI is InChI=1S/C11H19N3O3S/c1-9(15)10-4-3-5-14(7-10)18(16,17)11-6-12-13(2)8-11/h6,8-10,15H,3-5,7H2,1-2H3. The van der Waals surface area contributed by atoms with E-state index in [2.05, 4.69) is 5.10 Å². The first-order valence-corrected chi connectivity index (χ1v) is 7.52. The van der Waals surface area contributed by atoms with E-state index in [-0.39, 0.29) is 10.8 Å². The number of piperidine rings is 1. The highest BCUT2D eigenvalue weighted by atomic mass is 32.2. The smallest absolute Gasteiger partial charge is 0.246 e. The number of sulfonamides is 1. The van der Waals surface area contributed by atoms with Gasteiger partial charge in [-0.1, -0.05) is 0 Å². The maximum absolute atomic E-state index is 12.4. The lowest BCUT2D eigenvalue weighted by Crippen LogP contribution is -2.42. The van der Waals surface area contributed by atoms with Crippen molar-refractivity contribution in [2.24, 2.45) is 13.0 Å². The highest BCUT2D eigenvalue weighted by Gasteiger charge is 2.32. The van der Waals surface area contributed by atoms with Crippen molar-refractivity contribution in [2.75, 3.05) is 13.1 Å². The van der Waals surface area contributed by atoms with Crippen molar-refractivity contribution in [2.45, 2.75) is 30.8 Å². The summed E-state index contributed by atoms with van der Waals surface area (Å²) in [5.74, 6) is 0.0187. The number of nitrogens with zero attached hydrogens (tertiary/aromatic N) is 3. The molecule has 2 heterocycles. The molecule has 0 aliphatic carbocycles. The van der Waals surface area contributed by atoms with Crippen molar-refractivity contribution in [1.82, 2.24) is 14.1 Å². The number of hydrogen-bond donors (Lipinski definition) is 1. The summed E-state index contributed by atoms with van der Waals surface area (Å²) in [7, 11) is -1.78. The molecule has 1 N–H and O–H groups in total. The molecular weight excluding hydrogens is 254 g/mol. The monoisotopic (exact) mass is 273 g/mol. The number of rotatable bonds is 3. The molecule has 0 spiro atoms. The van der Waals surface area contributed by atoms with Crippen LogP contribution in [0.2, 0.25) is 0 Å². The van der Waals surface area contributed by atoms with Gasteiger partial charge in [-0.2, -0.15) is 9.40 Å². The van der Waals surface area contributed by atoms with E-state index >= 15 is 0 Å². The molecule has 0 amide bonds. The summed E-state index contributed by atoms with van der Waals surface area (Å²) in [6, 6.07) is 0. The van der Waals surface area contributed by atoms with Crippen molar-refractivity contribution in [1.29, 1.82) is 0 Å². The summed E-state index contributed by atoms with van der Waals surface area (Å²) in [5.41, 5.74) is 0. The van der Waals surface area contributed by atoms with Crippen LogP contribution in [0, 0.1) is 5.92 Å². The Bertz CT molecular complexity index is 509. The summed E-state index contributed by atoms with van der Waals surface area (Å²) in [4.78, 5) is 0.219. The van der Waals surface area contributed by atoms with E-state index in [1.54, 1.807) is 14.0 Å². The minimum absolute atomic E-state index is 0.0187. The third-order valence-corrected chi connectivity index (χ3v) is 5.24. The van der Waals surface area contributed by atoms with E-state index in [0.717, 1.165) is 12.8 Å². The zero-order valence-electron chi connectivity index (χ0n) is 10.7. The van der Waals surface area contributed by atoms with Crippen LogP contribution in [0.5, 0.6) is 0 Å². The van der Waals surface area contributed by atoms with Gasteiger partial charge in [-0.05, 0) is 25.7 Å². The first-order chi connectivity index (χ1) is 8.41. The number of aromatic nitrogens is 2. The van der Waals surface area contributed by atoms with E-state index in [1.165, 1.54) is 21.4 Å². The fourth-order valence-electron chi connectivity index (χ4n) is 2.27. The average Bonchev–Trinajstić information content (AvgIpc) is 2.77. The topological polar surface area (TPSA) is 75.4 Å². The molecule has 2 atom stereocenters.